The molecule has 0 aliphatic carbocycles. The van der Waals surface area contributed by atoms with Gasteiger partial charge in [-0.1, -0.05) is 0 Å². The lowest BCUT2D eigenvalue weighted by Crippen LogP contribution is -2.12. The summed E-state index contributed by atoms with van der Waals surface area (Å²) in [7, 11) is 0. The number of carbonyl (C=O) groups is 3. The first-order chi connectivity index (χ1) is 5.60. The van der Waals surface area contributed by atoms with Crippen molar-refractivity contribution in [2.24, 2.45) is 0 Å². The molecule has 5 nitrogen and oxygen atoms in total. The zero-order valence-corrected chi connectivity index (χ0v) is 7.22. The molecule has 7 heteroatoms. The van der Waals surface area contributed by atoms with E-state index in [0.717, 1.165) is 0 Å². The molecule has 0 bridgehead atoms. The molecule has 0 fully saturated rings. The third-order valence-electron chi connectivity index (χ3n) is 0.855. The lowest BCUT2D eigenvalue weighted by atomic mass is 10.2. The van der Waals surface area contributed by atoms with Crippen LogP contribution in [0.4, 0.5) is 0 Å². The Morgan fingerprint density at radius 3 is 1.50 bits per heavy atom. The molecule has 0 radical (unpaired) electrons. The van der Waals surface area contributed by atoms with Gasteiger partial charge in [-0.15, -0.1) is 0 Å². The zero-order valence-electron chi connectivity index (χ0n) is 5.71. The van der Waals surface area contributed by atoms with Gasteiger partial charge in [0.25, 0.3) is 0 Å². The standard InChI is InChI=1S/C5H4Cl2O5/c6-11-4(9)1-3(8)2-5(10)12-7/h1-2H2. The summed E-state index contributed by atoms with van der Waals surface area (Å²) in [5, 5.41) is 0. The van der Waals surface area contributed by atoms with Crippen molar-refractivity contribution >= 4 is 41.5 Å². The van der Waals surface area contributed by atoms with Crippen molar-refractivity contribution in [1.29, 1.82) is 0 Å². The molecule has 0 unspecified atom stereocenters. The van der Waals surface area contributed by atoms with Crippen molar-refractivity contribution in [3.8, 4) is 0 Å². The van der Waals surface area contributed by atoms with E-state index >= 15 is 0 Å². The van der Waals surface area contributed by atoms with Gasteiger partial charge in [0, 0.05) is 0 Å². The number of rotatable bonds is 4. The third kappa shape index (κ3) is 4.92. The number of ketones is 1. The van der Waals surface area contributed by atoms with Gasteiger partial charge in [0.15, 0.2) is 5.78 Å². The van der Waals surface area contributed by atoms with Crippen LogP contribution in [0.15, 0.2) is 0 Å². The van der Waals surface area contributed by atoms with E-state index in [-0.39, 0.29) is 0 Å². The molecule has 0 aromatic carbocycles. The van der Waals surface area contributed by atoms with Crippen LogP contribution >= 0.6 is 23.7 Å². The molecular weight excluding hydrogens is 211 g/mol. The van der Waals surface area contributed by atoms with E-state index in [1.54, 1.807) is 0 Å². The van der Waals surface area contributed by atoms with Gasteiger partial charge in [-0.25, -0.2) is 0 Å². The van der Waals surface area contributed by atoms with Gasteiger partial charge in [0.2, 0.25) is 0 Å². The van der Waals surface area contributed by atoms with Gasteiger partial charge < -0.3 is 8.58 Å². The fourth-order valence-corrected chi connectivity index (χ4v) is 0.548. The first kappa shape index (κ1) is 11.2. The first-order valence-corrected chi connectivity index (χ1v) is 3.36. The number of carbonyl (C=O) groups excluding carboxylic acids is 3. The summed E-state index contributed by atoms with van der Waals surface area (Å²) < 4.78 is 7.33. The van der Waals surface area contributed by atoms with E-state index in [4.69, 9.17) is 0 Å². The predicted molar refractivity (Wildman–Crippen MR) is 38.1 cm³/mol. The largest absolute Gasteiger partial charge is 0.347 e. The summed E-state index contributed by atoms with van der Waals surface area (Å²) >= 11 is 9.24. The summed E-state index contributed by atoms with van der Waals surface area (Å²) in [5.41, 5.74) is 0. The van der Waals surface area contributed by atoms with Crippen molar-refractivity contribution in [1.82, 2.24) is 0 Å². The highest BCUT2D eigenvalue weighted by molar-refractivity contribution is 6.17. The number of halogens is 2. The Kier molecular flexibility index (Phi) is 5.40. The Labute approximate surface area is 77.9 Å². The molecule has 0 atom stereocenters. The lowest BCUT2D eigenvalue weighted by Gasteiger charge is -1.94. The Hall–Kier alpha value is -0.810. The van der Waals surface area contributed by atoms with Gasteiger partial charge in [-0.05, 0) is 0 Å². The summed E-state index contributed by atoms with van der Waals surface area (Å²) in [6.07, 6.45) is -1.15. The average Bonchev–Trinajstić information content (AvgIpc) is 2.03. The molecule has 68 valence electrons. The van der Waals surface area contributed by atoms with Crippen molar-refractivity contribution in [3.63, 3.8) is 0 Å². The minimum absolute atomic E-state index is 0.574. The van der Waals surface area contributed by atoms with Gasteiger partial charge >= 0.3 is 11.9 Å². The molecule has 0 rings (SSSR count). The minimum atomic E-state index is -0.927. The van der Waals surface area contributed by atoms with Crippen LogP contribution in [0.25, 0.3) is 0 Å². The van der Waals surface area contributed by atoms with Crippen molar-refractivity contribution in [2.75, 3.05) is 0 Å². The number of hydrogen-bond acceptors (Lipinski definition) is 5. The SMILES string of the molecule is O=C(CC(=O)OCl)CC(=O)OCl. The molecule has 0 heterocycles. The smallest absolute Gasteiger partial charge is 0.332 e. The van der Waals surface area contributed by atoms with Gasteiger partial charge in [-0.2, -0.15) is 0 Å². The second kappa shape index (κ2) is 5.79. The fraction of sp³-hybridized carbons (Fsp3) is 0.400. The van der Waals surface area contributed by atoms with Gasteiger partial charge in [-0.3, -0.25) is 14.4 Å². The molecule has 12 heavy (non-hydrogen) atoms. The molecular formula is C5H4Cl2O5. The lowest BCUT2D eigenvalue weighted by molar-refractivity contribution is -0.140. The van der Waals surface area contributed by atoms with Crippen molar-refractivity contribution < 1.29 is 23.0 Å². The Balaban J connectivity index is 3.74. The third-order valence-corrected chi connectivity index (χ3v) is 1.20. The molecule has 0 aliphatic rings. The van der Waals surface area contributed by atoms with E-state index in [1.807, 2.05) is 0 Å². The van der Waals surface area contributed by atoms with Crippen LogP contribution in [-0.4, -0.2) is 17.7 Å². The average molecular weight is 215 g/mol. The van der Waals surface area contributed by atoms with E-state index in [9.17, 15) is 14.4 Å². The minimum Gasteiger partial charge on any atom is -0.347 e. The maximum Gasteiger partial charge on any atom is 0.332 e. The molecule has 0 aliphatic heterocycles. The number of hydrogen-bond donors (Lipinski definition) is 0. The highest BCUT2D eigenvalue weighted by Gasteiger charge is 2.15. The summed E-state index contributed by atoms with van der Waals surface area (Å²) in [6.45, 7) is 0. The maximum atomic E-state index is 10.7. The topological polar surface area (TPSA) is 69.7 Å². The Bertz CT molecular complexity index is 182. The zero-order chi connectivity index (χ0) is 9.56. The summed E-state index contributed by atoms with van der Waals surface area (Å²) in [5.74, 6) is -2.53. The molecule has 0 N–H and O–H groups in total. The van der Waals surface area contributed by atoms with Crippen LogP contribution in [0, 0.1) is 0 Å². The van der Waals surface area contributed by atoms with E-state index in [0.29, 0.717) is 0 Å². The Morgan fingerprint density at radius 2 is 1.25 bits per heavy atom. The van der Waals surface area contributed by atoms with Crippen LogP contribution in [0.2, 0.25) is 0 Å². The fourth-order valence-electron chi connectivity index (χ4n) is 0.439. The first-order valence-electron chi connectivity index (χ1n) is 2.74. The van der Waals surface area contributed by atoms with E-state index in [1.165, 1.54) is 0 Å². The normalized spacial score (nSPS) is 8.83. The van der Waals surface area contributed by atoms with Crippen LogP contribution in [0.3, 0.4) is 0 Å². The Morgan fingerprint density at radius 1 is 0.917 bits per heavy atom. The molecule has 0 saturated carbocycles. The van der Waals surface area contributed by atoms with Crippen LogP contribution in [0.1, 0.15) is 12.8 Å². The van der Waals surface area contributed by atoms with Crippen LogP contribution in [0.5, 0.6) is 0 Å². The van der Waals surface area contributed by atoms with Crippen LogP contribution in [-0.2, 0) is 23.0 Å². The van der Waals surface area contributed by atoms with Crippen molar-refractivity contribution in [3.05, 3.63) is 0 Å². The van der Waals surface area contributed by atoms with Crippen molar-refractivity contribution in [2.45, 2.75) is 12.8 Å². The molecule has 0 spiro atoms. The van der Waals surface area contributed by atoms with E-state index < -0.39 is 30.6 Å². The predicted octanol–water partition coefficient (Wildman–Crippen LogP) is 0.730. The molecule has 0 amide bonds. The molecule has 0 aromatic heterocycles. The molecule has 0 aromatic rings. The van der Waals surface area contributed by atoms with E-state index in [2.05, 4.69) is 32.3 Å². The summed E-state index contributed by atoms with van der Waals surface area (Å²) in [4.78, 5) is 31.3. The maximum absolute atomic E-state index is 10.7. The molecule has 0 saturated heterocycles. The monoisotopic (exact) mass is 214 g/mol. The highest BCUT2D eigenvalue weighted by atomic mass is 35.5. The summed E-state index contributed by atoms with van der Waals surface area (Å²) in [6, 6.07) is 0. The van der Waals surface area contributed by atoms with Crippen LogP contribution < -0.4 is 0 Å². The van der Waals surface area contributed by atoms with Gasteiger partial charge in [0.1, 0.15) is 36.6 Å². The quantitative estimate of drug-likeness (QED) is 0.646. The van der Waals surface area contributed by atoms with Gasteiger partial charge in [0.05, 0.1) is 0 Å². The number of Topliss-reactive ketones (excluding diaryl/α,β-unsaturated/α-hetero) is 1. The second-order valence-electron chi connectivity index (χ2n) is 1.79. The highest BCUT2D eigenvalue weighted by Crippen LogP contribution is 1.97. The second-order valence-corrected chi connectivity index (χ2v) is 2.10.